The molecule has 0 N–H and O–H groups in total. The molecule has 0 bridgehead atoms. The Hall–Kier alpha value is 3.38. The Balaban J connectivity index is -0.0000000800. The van der Waals surface area contributed by atoms with Gasteiger partial charge < -0.3 is 30.2 Å². The van der Waals surface area contributed by atoms with Gasteiger partial charge in [0.15, 0.2) is 0 Å². The summed E-state index contributed by atoms with van der Waals surface area (Å²) in [6, 6.07) is 0. The first-order valence-electron chi connectivity index (χ1n) is 1.08. The fourth-order valence-electron chi connectivity index (χ4n) is 0. The van der Waals surface area contributed by atoms with Crippen LogP contribution in [0, 0.1) is 0 Å². The van der Waals surface area contributed by atoms with Gasteiger partial charge in [0.25, 0.3) is 0 Å². The molecule has 0 heterocycles. The van der Waals surface area contributed by atoms with Crippen LogP contribution in [0.4, 0.5) is 0 Å². The third kappa shape index (κ3) is 17.7. The summed E-state index contributed by atoms with van der Waals surface area (Å²) in [6.45, 7) is 0. The van der Waals surface area contributed by atoms with Gasteiger partial charge in [0, 0.05) is 7.05 Å². The van der Waals surface area contributed by atoms with Crippen molar-refractivity contribution in [1.82, 2.24) is 0 Å². The largest absolute Gasteiger partial charge is 1.00 e. The van der Waals surface area contributed by atoms with E-state index in [4.69, 9.17) is 0 Å². The van der Waals surface area contributed by atoms with Crippen LogP contribution in [0.25, 0.3) is 0 Å². The number of rotatable bonds is 0. The summed E-state index contributed by atoms with van der Waals surface area (Å²) in [4.78, 5) is 3.44. The minimum atomic E-state index is 0. The fourth-order valence-corrected chi connectivity index (χ4v) is 0. The molecule has 0 aliphatic rings. The first-order chi connectivity index (χ1) is 2.27. The SMILES string of the molecule is CN=C([S-])[S-].[K+].[K+]. The molecule has 0 spiro atoms. The van der Waals surface area contributed by atoms with Gasteiger partial charge in [-0.05, 0) is 0 Å². The summed E-state index contributed by atoms with van der Waals surface area (Å²) in [7, 11) is 1.58. The van der Waals surface area contributed by atoms with Crippen LogP contribution in [-0.4, -0.2) is 11.4 Å². The van der Waals surface area contributed by atoms with Crippen molar-refractivity contribution in [3.63, 3.8) is 0 Å². The molecule has 0 saturated heterocycles. The monoisotopic (exact) mass is 183 g/mol. The van der Waals surface area contributed by atoms with Crippen molar-refractivity contribution >= 4 is 29.6 Å². The molecular weight excluding hydrogens is 180 g/mol. The zero-order chi connectivity index (χ0) is 4.28. The van der Waals surface area contributed by atoms with Gasteiger partial charge in [-0.25, -0.2) is 4.38 Å². The van der Waals surface area contributed by atoms with Crippen molar-refractivity contribution in [3.05, 3.63) is 0 Å². The standard InChI is InChI=1S/C2H5NS2.2K/c1-3-2(4)5;;/h1H3,(H2,3,4,5);;/q;2*+1/p-2. The minimum Gasteiger partial charge on any atom is -0.789 e. The molecule has 1 nitrogen and oxygen atoms in total. The molecule has 0 fully saturated rings. The Labute approximate surface area is 140 Å². The maximum absolute atomic E-state index is 4.34. The second-order valence-electron chi connectivity index (χ2n) is 0.490. The van der Waals surface area contributed by atoms with E-state index in [1.165, 1.54) is 0 Å². The van der Waals surface area contributed by atoms with Gasteiger partial charge in [-0.3, -0.25) is 0 Å². The quantitative estimate of drug-likeness (QED) is 0.160. The smallest absolute Gasteiger partial charge is 0.789 e. The first-order valence-corrected chi connectivity index (χ1v) is 1.90. The molecule has 30 valence electrons. The van der Waals surface area contributed by atoms with E-state index in [-0.39, 0.29) is 103 Å². The van der Waals surface area contributed by atoms with Gasteiger partial charge in [-0.15, -0.1) is 0 Å². The zero-order valence-corrected chi connectivity index (χ0v) is 12.6. The van der Waals surface area contributed by atoms with Crippen molar-refractivity contribution in [1.29, 1.82) is 0 Å². The van der Waals surface area contributed by atoms with E-state index in [1.54, 1.807) is 7.05 Å². The summed E-state index contributed by atoms with van der Waals surface area (Å²) < 4.78 is 0.296. The molecule has 0 aromatic rings. The third-order valence-corrected chi connectivity index (χ3v) is 0.548. The molecule has 0 radical (unpaired) electrons. The second kappa shape index (κ2) is 12.1. The van der Waals surface area contributed by atoms with E-state index in [9.17, 15) is 0 Å². The number of hydrogen-bond acceptors (Lipinski definition) is 3. The van der Waals surface area contributed by atoms with Crippen LogP contribution >= 0.6 is 0 Å². The molecule has 0 aliphatic carbocycles. The van der Waals surface area contributed by atoms with E-state index in [1.807, 2.05) is 0 Å². The maximum Gasteiger partial charge on any atom is 1.00 e. The van der Waals surface area contributed by atoms with Crippen LogP contribution < -0.4 is 103 Å². The molecule has 0 aromatic heterocycles. The van der Waals surface area contributed by atoms with Crippen molar-refractivity contribution in [2.45, 2.75) is 0 Å². The van der Waals surface area contributed by atoms with Crippen molar-refractivity contribution in [3.8, 4) is 0 Å². The van der Waals surface area contributed by atoms with Crippen LogP contribution in [0.3, 0.4) is 0 Å². The summed E-state index contributed by atoms with van der Waals surface area (Å²) in [6.07, 6.45) is 0. The van der Waals surface area contributed by atoms with E-state index in [2.05, 4.69) is 30.2 Å². The van der Waals surface area contributed by atoms with Gasteiger partial charge in [0.05, 0.1) is 0 Å². The van der Waals surface area contributed by atoms with E-state index >= 15 is 0 Å². The Kier molecular flexibility index (Phi) is 29.0. The molecule has 0 aromatic carbocycles. The van der Waals surface area contributed by atoms with Crippen LogP contribution in [0.2, 0.25) is 0 Å². The summed E-state index contributed by atoms with van der Waals surface area (Å²) in [5.41, 5.74) is 0. The normalized spacial score (nSPS) is 4.71. The van der Waals surface area contributed by atoms with E-state index in [0.717, 1.165) is 0 Å². The summed E-state index contributed by atoms with van der Waals surface area (Å²) in [5.74, 6) is 0. The topological polar surface area (TPSA) is 12.4 Å². The van der Waals surface area contributed by atoms with Crippen LogP contribution in [-0.2, 0) is 25.3 Å². The zero-order valence-electron chi connectivity index (χ0n) is 4.76. The van der Waals surface area contributed by atoms with Gasteiger partial charge in [0.1, 0.15) is 0 Å². The fraction of sp³-hybridized carbons (Fsp3) is 0.500. The summed E-state index contributed by atoms with van der Waals surface area (Å²) >= 11 is 8.69. The molecular formula is C2H3K2NS2. The molecule has 0 aliphatic heterocycles. The molecule has 0 unspecified atom stereocenters. The molecule has 0 atom stereocenters. The Morgan fingerprint density at radius 1 is 1.29 bits per heavy atom. The Morgan fingerprint density at radius 2 is 1.43 bits per heavy atom. The molecule has 0 saturated carbocycles. The third-order valence-electron chi connectivity index (χ3n) is 0.183. The first kappa shape index (κ1) is 16.8. The van der Waals surface area contributed by atoms with Crippen LogP contribution in [0.1, 0.15) is 0 Å². The van der Waals surface area contributed by atoms with Crippen LogP contribution in [0.15, 0.2) is 4.99 Å². The second-order valence-corrected chi connectivity index (χ2v) is 1.52. The average Bonchev–Trinajstić information content (AvgIpc) is 1.38. The van der Waals surface area contributed by atoms with Crippen molar-refractivity contribution in [2.75, 3.05) is 7.05 Å². The van der Waals surface area contributed by atoms with Crippen molar-refractivity contribution < 1.29 is 103 Å². The number of nitrogens with zero attached hydrogens (tertiary/aromatic N) is 1. The van der Waals surface area contributed by atoms with Crippen LogP contribution in [0.5, 0.6) is 0 Å². The molecule has 5 heteroatoms. The minimum absolute atomic E-state index is 0. The maximum atomic E-state index is 4.34. The average molecular weight is 183 g/mol. The number of aliphatic imine (C=N–C) groups is 1. The van der Waals surface area contributed by atoms with Gasteiger partial charge in [-0.2, -0.15) is 0 Å². The number of hydrogen-bond donors (Lipinski definition) is 0. The Morgan fingerprint density at radius 3 is 1.43 bits per heavy atom. The molecule has 0 amide bonds. The van der Waals surface area contributed by atoms with Gasteiger partial charge >= 0.3 is 103 Å². The Bertz CT molecular complexity index is 51.7. The predicted molar refractivity (Wildman–Crippen MR) is 28.1 cm³/mol. The van der Waals surface area contributed by atoms with E-state index < -0.39 is 0 Å². The van der Waals surface area contributed by atoms with Gasteiger partial charge in [0.2, 0.25) is 0 Å². The molecule has 7 heavy (non-hydrogen) atoms. The summed E-state index contributed by atoms with van der Waals surface area (Å²) in [5, 5.41) is 0. The van der Waals surface area contributed by atoms with Gasteiger partial charge in [-0.1, -0.05) is 0 Å². The van der Waals surface area contributed by atoms with E-state index in [0.29, 0.717) is 4.38 Å². The van der Waals surface area contributed by atoms with Crippen molar-refractivity contribution in [2.24, 2.45) is 4.99 Å². The predicted octanol–water partition coefficient (Wildman–Crippen LogP) is -5.93. The molecule has 0 rings (SSSR count).